The number of carboxylic acids is 1. The second-order valence-electron chi connectivity index (χ2n) is 6.20. The van der Waals surface area contributed by atoms with Gasteiger partial charge in [0.15, 0.2) is 0 Å². The van der Waals surface area contributed by atoms with Crippen molar-refractivity contribution in [1.82, 2.24) is 0 Å². The summed E-state index contributed by atoms with van der Waals surface area (Å²) < 4.78 is 45.6. The van der Waals surface area contributed by atoms with Crippen LogP contribution in [-0.4, -0.2) is 29.1 Å². The van der Waals surface area contributed by atoms with E-state index in [1.54, 1.807) is 12.1 Å². The summed E-state index contributed by atoms with van der Waals surface area (Å²) in [6, 6.07) is 9.93. The van der Waals surface area contributed by atoms with E-state index in [-0.39, 0.29) is 16.3 Å². The first kappa shape index (κ1) is 19.9. The highest BCUT2D eigenvalue weighted by Crippen LogP contribution is 2.44. The Hall–Kier alpha value is -2.80. The smallest absolute Gasteiger partial charge is 0.429 e. The van der Waals surface area contributed by atoms with E-state index >= 15 is 0 Å². The highest BCUT2D eigenvalue weighted by molar-refractivity contribution is 6.41. The number of ketones is 1. The zero-order valence-corrected chi connectivity index (χ0v) is 15.3. The number of fused-ring (bicyclic) bond motifs is 1. The van der Waals surface area contributed by atoms with Gasteiger partial charge in [0.1, 0.15) is 5.75 Å². The molecule has 1 heterocycles. The molecule has 0 saturated heterocycles. The minimum Gasteiger partial charge on any atom is -0.475 e. The summed E-state index contributed by atoms with van der Waals surface area (Å²) in [7, 11) is 0. The van der Waals surface area contributed by atoms with Gasteiger partial charge in [-0.25, -0.2) is 4.79 Å². The molecule has 1 aliphatic rings. The van der Waals surface area contributed by atoms with E-state index in [9.17, 15) is 22.8 Å². The molecule has 3 rings (SSSR count). The maximum Gasteiger partial charge on any atom is 0.429 e. The third kappa shape index (κ3) is 3.75. The van der Waals surface area contributed by atoms with Gasteiger partial charge in [0, 0.05) is 16.1 Å². The number of carboxylic acid groups (broad SMARTS) is 1. The van der Waals surface area contributed by atoms with Gasteiger partial charge in [0.05, 0.1) is 5.57 Å². The molecule has 8 heteroatoms. The zero-order chi connectivity index (χ0) is 20.6. The van der Waals surface area contributed by atoms with Crippen LogP contribution in [0.3, 0.4) is 0 Å². The van der Waals surface area contributed by atoms with E-state index in [2.05, 4.69) is 0 Å². The first-order valence-corrected chi connectivity index (χ1v) is 8.65. The summed E-state index contributed by atoms with van der Waals surface area (Å²) in [5.41, 5.74) is 1.05. The highest BCUT2D eigenvalue weighted by atomic mass is 35.5. The summed E-state index contributed by atoms with van der Waals surface area (Å²) in [5, 5.41) is 9.07. The lowest BCUT2D eigenvalue weighted by Crippen LogP contribution is -2.42. The van der Waals surface area contributed by atoms with Crippen molar-refractivity contribution in [3.05, 3.63) is 58.1 Å². The van der Waals surface area contributed by atoms with Crippen LogP contribution in [0.2, 0.25) is 5.02 Å². The average Bonchev–Trinajstić information content (AvgIpc) is 2.65. The van der Waals surface area contributed by atoms with E-state index in [0.717, 1.165) is 18.1 Å². The van der Waals surface area contributed by atoms with E-state index in [1.165, 1.54) is 12.1 Å². The minimum absolute atomic E-state index is 0.104. The average molecular weight is 411 g/mol. The number of aryl methyl sites for hydroxylation is 1. The van der Waals surface area contributed by atoms with Gasteiger partial charge in [-0.3, -0.25) is 4.79 Å². The second kappa shape index (κ2) is 7.31. The third-order valence-corrected chi connectivity index (χ3v) is 4.56. The number of rotatable bonds is 4. The molecular formula is C20H14ClF3O4. The van der Waals surface area contributed by atoms with E-state index in [1.807, 2.05) is 19.1 Å². The molecule has 4 nitrogen and oxygen atoms in total. The molecule has 1 atom stereocenters. The third-order valence-electron chi connectivity index (χ3n) is 4.34. The Morgan fingerprint density at radius 3 is 2.36 bits per heavy atom. The largest absolute Gasteiger partial charge is 0.475 e. The van der Waals surface area contributed by atoms with Gasteiger partial charge in [0.2, 0.25) is 6.10 Å². The minimum atomic E-state index is -4.97. The Morgan fingerprint density at radius 2 is 1.82 bits per heavy atom. The molecule has 0 aromatic heterocycles. The molecule has 0 spiro atoms. The van der Waals surface area contributed by atoms with Gasteiger partial charge >= 0.3 is 12.1 Å². The Balaban J connectivity index is 2.20. The number of alkyl halides is 3. The number of halogens is 4. The summed E-state index contributed by atoms with van der Waals surface area (Å²) in [5.74, 6) is -3.79. The van der Waals surface area contributed by atoms with Crippen LogP contribution < -0.4 is 4.74 Å². The molecule has 0 radical (unpaired) electrons. The zero-order valence-electron chi connectivity index (χ0n) is 14.5. The van der Waals surface area contributed by atoms with Crippen LogP contribution in [-0.2, 0) is 16.0 Å². The van der Waals surface area contributed by atoms with Crippen molar-refractivity contribution in [2.75, 3.05) is 0 Å². The number of benzene rings is 2. The van der Waals surface area contributed by atoms with Crippen LogP contribution in [0, 0.1) is 0 Å². The van der Waals surface area contributed by atoms with Crippen molar-refractivity contribution in [3.8, 4) is 16.9 Å². The van der Waals surface area contributed by atoms with Crippen LogP contribution in [0.15, 0.2) is 42.0 Å². The summed E-state index contributed by atoms with van der Waals surface area (Å²) >= 11 is 6.10. The van der Waals surface area contributed by atoms with Crippen molar-refractivity contribution in [3.63, 3.8) is 0 Å². The molecule has 146 valence electrons. The number of hydrogen-bond donors (Lipinski definition) is 1. The first-order valence-electron chi connectivity index (χ1n) is 8.27. The molecule has 28 heavy (non-hydrogen) atoms. The van der Waals surface area contributed by atoms with E-state index in [4.69, 9.17) is 21.4 Å². The standard InChI is InChI=1S/C20H14ClF3O4/c1-2-10-3-5-11(6-4-10)14-9-13(21)7-12-8-15(16(25)19(26)27)18(20(22,23)24)28-17(12)14/h3-9,18H,2H2,1H3,(H,26,27)/t18-/m0/s1. The molecule has 2 aromatic rings. The molecule has 0 amide bonds. The summed E-state index contributed by atoms with van der Waals surface area (Å²) in [6.45, 7) is 1.97. The summed E-state index contributed by atoms with van der Waals surface area (Å²) in [6.07, 6.45) is -5.98. The maximum absolute atomic E-state index is 13.5. The summed E-state index contributed by atoms with van der Waals surface area (Å²) in [4.78, 5) is 22.8. The fraction of sp³-hybridized carbons (Fsp3) is 0.200. The quantitative estimate of drug-likeness (QED) is 0.726. The highest BCUT2D eigenvalue weighted by Gasteiger charge is 2.49. The van der Waals surface area contributed by atoms with Crippen LogP contribution >= 0.6 is 11.6 Å². The Labute approximate surface area is 163 Å². The number of carbonyl (C=O) groups excluding carboxylic acids is 1. The normalized spacial score (nSPS) is 16.0. The molecule has 1 N–H and O–H groups in total. The SMILES string of the molecule is CCc1ccc(-c2cc(Cl)cc3c2O[C@H](C(F)(F)F)C(C(=O)C(=O)O)=C3)cc1. The number of ether oxygens (including phenoxy) is 1. The molecule has 0 saturated carbocycles. The van der Waals surface area contributed by atoms with Crippen molar-refractivity contribution < 1.29 is 32.6 Å². The molecule has 0 unspecified atom stereocenters. The van der Waals surface area contributed by atoms with Gasteiger partial charge in [0.25, 0.3) is 5.78 Å². The Morgan fingerprint density at radius 1 is 1.18 bits per heavy atom. The van der Waals surface area contributed by atoms with Crippen LogP contribution in [0.5, 0.6) is 5.75 Å². The van der Waals surface area contributed by atoms with Crippen molar-refractivity contribution in [2.24, 2.45) is 0 Å². The topological polar surface area (TPSA) is 63.6 Å². The molecule has 1 aliphatic heterocycles. The molecular weight excluding hydrogens is 397 g/mol. The molecule has 0 fully saturated rings. The van der Waals surface area contributed by atoms with Gasteiger partial charge in [-0.2, -0.15) is 13.2 Å². The van der Waals surface area contributed by atoms with Crippen LogP contribution in [0.1, 0.15) is 18.1 Å². The number of Topliss-reactive ketones (excluding diaryl/α,β-unsaturated/α-hetero) is 1. The Bertz CT molecular complexity index is 978. The number of carbonyl (C=O) groups is 2. The second-order valence-corrected chi connectivity index (χ2v) is 6.63. The number of hydrogen-bond acceptors (Lipinski definition) is 3. The first-order chi connectivity index (χ1) is 13.1. The molecule has 0 aliphatic carbocycles. The van der Waals surface area contributed by atoms with Crippen molar-refractivity contribution in [2.45, 2.75) is 25.6 Å². The lowest BCUT2D eigenvalue weighted by atomic mass is 9.93. The lowest BCUT2D eigenvalue weighted by molar-refractivity contribution is -0.185. The predicted molar refractivity (Wildman–Crippen MR) is 97.4 cm³/mol. The number of aliphatic carboxylic acids is 1. The van der Waals surface area contributed by atoms with Crippen LogP contribution in [0.4, 0.5) is 13.2 Å². The van der Waals surface area contributed by atoms with Gasteiger partial charge in [-0.05, 0) is 35.8 Å². The van der Waals surface area contributed by atoms with Crippen molar-refractivity contribution in [1.29, 1.82) is 0 Å². The van der Waals surface area contributed by atoms with Crippen molar-refractivity contribution >= 4 is 29.4 Å². The van der Waals surface area contributed by atoms with Gasteiger partial charge in [-0.15, -0.1) is 0 Å². The predicted octanol–water partition coefficient (Wildman–Crippen LogP) is 4.93. The maximum atomic E-state index is 13.5. The Kier molecular flexibility index (Phi) is 5.21. The molecule has 0 bridgehead atoms. The van der Waals surface area contributed by atoms with Gasteiger partial charge < -0.3 is 9.84 Å². The van der Waals surface area contributed by atoms with Gasteiger partial charge in [-0.1, -0.05) is 42.8 Å². The fourth-order valence-corrected chi connectivity index (χ4v) is 3.19. The van der Waals surface area contributed by atoms with E-state index < -0.39 is 29.6 Å². The molecule has 2 aromatic carbocycles. The van der Waals surface area contributed by atoms with E-state index in [0.29, 0.717) is 11.1 Å². The lowest BCUT2D eigenvalue weighted by Gasteiger charge is -2.29. The fourth-order valence-electron chi connectivity index (χ4n) is 2.96. The van der Waals surface area contributed by atoms with Crippen LogP contribution in [0.25, 0.3) is 17.2 Å². The monoisotopic (exact) mass is 410 g/mol.